The predicted octanol–water partition coefficient (Wildman–Crippen LogP) is 0.137. The monoisotopic (exact) mass is 162 g/mol. The van der Waals surface area contributed by atoms with E-state index in [-0.39, 0.29) is 0 Å². The van der Waals surface area contributed by atoms with E-state index in [1.54, 1.807) is 13.1 Å². The highest BCUT2D eigenvalue weighted by atomic mass is 28.4. The smallest absolute Gasteiger partial charge is 0.216 e. The van der Waals surface area contributed by atoms with Crippen molar-refractivity contribution in [1.82, 2.24) is 0 Å². The SMILES string of the molecule is CCCC(N)(N)[Si](C)(C)O. The first-order valence-corrected chi connectivity index (χ1v) is 6.56. The summed E-state index contributed by atoms with van der Waals surface area (Å²) in [7, 11) is -2.35. The molecule has 5 N–H and O–H groups in total. The van der Waals surface area contributed by atoms with Crippen molar-refractivity contribution in [3.05, 3.63) is 0 Å². The van der Waals surface area contributed by atoms with Crippen molar-refractivity contribution < 1.29 is 4.80 Å². The van der Waals surface area contributed by atoms with Gasteiger partial charge in [-0.1, -0.05) is 13.3 Å². The minimum absolute atomic E-state index is 0.697. The van der Waals surface area contributed by atoms with Crippen LogP contribution in [0.2, 0.25) is 13.1 Å². The largest absolute Gasteiger partial charge is 0.429 e. The van der Waals surface area contributed by atoms with E-state index in [0.29, 0.717) is 6.42 Å². The maximum Gasteiger partial charge on any atom is 0.216 e. The summed E-state index contributed by atoms with van der Waals surface area (Å²) in [6.45, 7) is 5.54. The Hall–Kier alpha value is 0.0969. The molecule has 0 saturated heterocycles. The van der Waals surface area contributed by atoms with Gasteiger partial charge < -0.3 is 16.3 Å². The van der Waals surface area contributed by atoms with Crippen molar-refractivity contribution in [3.63, 3.8) is 0 Å². The van der Waals surface area contributed by atoms with Gasteiger partial charge in [-0.15, -0.1) is 0 Å². The fourth-order valence-corrected chi connectivity index (χ4v) is 1.58. The molecule has 0 atom stereocenters. The van der Waals surface area contributed by atoms with Crippen LogP contribution in [0.3, 0.4) is 0 Å². The number of hydrogen-bond acceptors (Lipinski definition) is 3. The second kappa shape index (κ2) is 3.00. The van der Waals surface area contributed by atoms with Crippen molar-refractivity contribution in [2.24, 2.45) is 11.5 Å². The Morgan fingerprint density at radius 3 is 1.90 bits per heavy atom. The summed E-state index contributed by atoms with van der Waals surface area (Å²) in [6.07, 6.45) is 1.62. The van der Waals surface area contributed by atoms with E-state index in [1.165, 1.54) is 0 Å². The summed E-state index contributed by atoms with van der Waals surface area (Å²) in [5, 5.41) is -0.818. The van der Waals surface area contributed by atoms with Crippen LogP contribution in [-0.4, -0.2) is 18.4 Å². The van der Waals surface area contributed by atoms with E-state index in [1.807, 2.05) is 6.92 Å². The fourth-order valence-electron chi connectivity index (χ4n) is 0.720. The first-order valence-electron chi connectivity index (χ1n) is 3.61. The molecule has 3 nitrogen and oxygen atoms in total. The molecule has 0 unspecified atom stereocenters. The zero-order chi connectivity index (χ0) is 8.41. The molecule has 62 valence electrons. The Bertz CT molecular complexity index is 109. The molecule has 0 aromatic carbocycles. The number of rotatable bonds is 3. The number of hydrogen-bond donors (Lipinski definition) is 3. The molecule has 0 bridgehead atoms. The Balaban J connectivity index is 4.10. The lowest BCUT2D eigenvalue weighted by molar-refractivity contribution is 0.429. The minimum Gasteiger partial charge on any atom is -0.429 e. The predicted molar refractivity (Wildman–Crippen MR) is 45.7 cm³/mol. The fraction of sp³-hybridized carbons (Fsp3) is 1.00. The summed E-state index contributed by atoms with van der Waals surface area (Å²) in [5.41, 5.74) is 11.4. The Labute approximate surface area is 63.5 Å². The molecule has 0 radical (unpaired) electrons. The molecule has 10 heavy (non-hydrogen) atoms. The molecule has 0 saturated carbocycles. The molecule has 0 amide bonds. The van der Waals surface area contributed by atoms with Gasteiger partial charge in [-0.2, -0.15) is 0 Å². The van der Waals surface area contributed by atoms with Crippen LogP contribution in [0.5, 0.6) is 0 Å². The second-order valence-electron chi connectivity index (χ2n) is 3.35. The van der Waals surface area contributed by atoms with E-state index in [4.69, 9.17) is 11.5 Å². The maximum absolute atomic E-state index is 9.57. The van der Waals surface area contributed by atoms with E-state index >= 15 is 0 Å². The summed E-state index contributed by atoms with van der Waals surface area (Å²) in [6, 6.07) is 0. The quantitative estimate of drug-likeness (QED) is 0.408. The van der Waals surface area contributed by atoms with Gasteiger partial charge >= 0.3 is 0 Å². The minimum atomic E-state index is -2.35. The average Bonchev–Trinajstić information content (AvgIpc) is 1.61. The van der Waals surface area contributed by atoms with Crippen molar-refractivity contribution in [2.75, 3.05) is 0 Å². The van der Waals surface area contributed by atoms with Crippen LogP contribution in [0, 0.1) is 0 Å². The molecule has 0 rings (SSSR count). The molecular weight excluding hydrogens is 144 g/mol. The van der Waals surface area contributed by atoms with E-state index in [2.05, 4.69) is 0 Å². The molecule has 0 aliphatic heterocycles. The van der Waals surface area contributed by atoms with Crippen LogP contribution in [0.25, 0.3) is 0 Å². The Kier molecular flexibility index (Phi) is 3.03. The molecular formula is C6H18N2OSi. The summed E-state index contributed by atoms with van der Waals surface area (Å²) in [4.78, 5) is 9.57. The lowest BCUT2D eigenvalue weighted by Gasteiger charge is -2.34. The molecule has 0 fully saturated rings. The lowest BCUT2D eigenvalue weighted by atomic mass is 10.3. The van der Waals surface area contributed by atoms with Crippen molar-refractivity contribution in [3.8, 4) is 0 Å². The van der Waals surface area contributed by atoms with Gasteiger partial charge in [-0.3, -0.25) is 0 Å². The van der Waals surface area contributed by atoms with Crippen molar-refractivity contribution in [1.29, 1.82) is 0 Å². The van der Waals surface area contributed by atoms with Crippen LogP contribution in [-0.2, 0) is 0 Å². The van der Waals surface area contributed by atoms with E-state index < -0.39 is 13.6 Å². The summed E-state index contributed by atoms with van der Waals surface area (Å²) < 4.78 is 0. The van der Waals surface area contributed by atoms with E-state index in [0.717, 1.165) is 6.42 Å². The average molecular weight is 162 g/mol. The third-order valence-electron chi connectivity index (χ3n) is 1.80. The Morgan fingerprint density at radius 1 is 1.40 bits per heavy atom. The van der Waals surface area contributed by atoms with E-state index in [9.17, 15) is 4.80 Å². The van der Waals surface area contributed by atoms with Gasteiger partial charge in [-0.05, 0) is 19.5 Å². The van der Waals surface area contributed by atoms with Crippen LogP contribution < -0.4 is 11.5 Å². The molecule has 0 aliphatic rings. The third kappa shape index (κ3) is 2.38. The maximum atomic E-state index is 9.57. The molecule has 0 spiro atoms. The standard InChI is InChI=1S/C6H18N2OSi/c1-4-5-6(7,8)10(2,3)9/h9H,4-5,7-8H2,1-3H3. The van der Waals surface area contributed by atoms with Gasteiger partial charge in [0.15, 0.2) is 0 Å². The topological polar surface area (TPSA) is 72.3 Å². The first kappa shape index (κ1) is 10.1. The van der Waals surface area contributed by atoms with Gasteiger partial charge in [0.1, 0.15) is 0 Å². The zero-order valence-electron chi connectivity index (χ0n) is 7.02. The normalized spacial score (nSPS) is 13.8. The zero-order valence-corrected chi connectivity index (χ0v) is 8.02. The third-order valence-corrected chi connectivity index (χ3v) is 4.33. The van der Waals surface area contributed by atoms with Gasteiger partial charge in [0.2, 0.25) is 8.32 Å². The molecule has 0 aromatic rings. The van der Waals surface area contributed by atoms with Crippen molar-refractivity contribution >= 4 is 8.32 Å². The molecule has 0 aromatic heterocycles. The van der Waals surface area contributed by atoms with Crippen LogP contribution >= 0.6 is 0 Å². The van der Waals surface area contributed by atoms with Gasteiger partial charge in [0, 0.05) is 0 Å². The van der Waals surface area contributed by atoms with Crippen LogP contribution in [0.1, 0.15) is 19.8 Å². The molecule has 4 heteroatoms. The second-order valence-corrected chi connectivity index (χ2v) is 7.40. The first-order chi connectivity index (χ1) is 4.31. The van der Waals surface area contributed by atoms with Crippen LogP contribution in [0.15, 0.2) is 0 Å². The van der Waals surface area contributed by atoms with Crippen molar-refractivity contribution in [2.45, 2.75) is 38.1 Å². The van der Waals surface area contributed by atoms with Gasteiger partial charge in [0.25, 0.3) is 0 Å². The highest BCUT2D eigenvalue weighted by Gasteiger charge is 2.38. The Morgan fingerprint density at radius 2 is 1.80 bits per heavy atom. The molecule has 0 aliphatic carbocycles. The van der Waals surface area contributed by atoms with Crippen LogP contribution in [0.4, 0.5) is 0 Å². The molecule has 0 heterocycles. The highest BCUT2D eigenvalue weighted by molar-refractivity contribution is 6.72. The lowest BCUT2D eigenvalue weighted by Crippen LogP contribution is -2.67. The van der Waals surface area contributed by atoms with Gasteiger partial charge in [0.05, 0.1) is 5.29 Å². The van der Waals surface area contributed by atoms with Gasteiger partial charge in [-0.25, -0.2) is 0 Å². The summed E-state index contributed by atoms with van der Waals surface area (Å²) in [5.74, 6) is 0. The number of nitrogens with two attached hydrogens (primary N) is 2. The highest BCUT2D eigenvalue weighted by Crippen LogP contribution is 2.14. The summed E-state index contributed by atoms with van der Waals surface area (Å²) >= 11 is 0.